The highest BCUT2D eigenvalue weighted by atomic mass is 16.6. The Labute approximate surface area is 149 Å². The second-order valence-electron chi connectivity index (χ2n) is 5.24. The lowest BCUT2D eigenvalue weighted by molar-refractivity contribution is -0.385. The van der Waals surface area contributed by atoms with Gasteiger partial charge in [-0.2, -0.15) is 5.10 Å². The molecule has 0 saturated carbocycles. The van der Waals surface area contributed by atoms with E-state index in [-0.39, 0.29) is 22.9 Å². The van der Waals surface area contributed by atoms with Crippen molar-refractivity contribution in [3.05, 3.63) is 57.6 Å². The lowest BCUT2D eigenvalue weighted by Gasteiger charge is -2.06. The fourth-order valence-electron chi connectivity index (χ4n) is 2.02. The van der Waals surface area contributed by atoms with Crippen molar-refractivity contribution in [2.45, 2.75) is 6.92 Å². The van der Waals surface area contributed by atoms with Gasteiger partial charge in [0.15, 0.2) is 23.9 Å². The summed E-state index contributed by atoms with van der Waals surface area (Å²) in [6.45, 7) is 1.29. The predicted octanol–water partition coefficient (Wildman–Crippen LogP) is 2.15. The van der Waals surface area contributed by atoms with Crippen LogP contribution in [-0.2, 0) is 4.79 Å². The molecule has 9 heteroatoms. The highest BCUT2D eigenvalue weighted by Gasteiger charge is 2.16. The predicted molar refractivity (Wildman–Crippen MR) is 93.7 cm³/mol. The van der Waals surface area contributed by atoms with Crippen molar-refractivity contribution in [2.75, 3.05) is 13.7 Å². The summed E-state index contributed by atoms with van der Waals surface area (Å²) in [6, 6.07) is 9.01. The van der Waals surface area contributed by atoms with Gasteiger partial charge in [0.1, 0.15) is 0 Å². The zero-order valence-electron chi connectivity index (χ0n) is 14.1. The van der Waals surface area contributed by atoms with E-state index in [1.165, 1.54) is 37.6 Å². The molecule has 0 aromatic heterocycles. The number of aromatic hydroxyl groups is 1. The third-order valence-corrected chi connectivity index (χ3v) is 3.28. The first-order valence-electron chi connectivity index (χ1n) is 7.47. The minimum absolute atomic E-state index is 0.00278. The van der Waals surface area contributed by atoms with Gasteiger partial charge in [0.05, 0.1) is 18.2 Å². The number of nitrogens with zero attached hydrogens (tertiary/aromatic N) is 2. The highest BCUT2D eigenvalue weighted by molar-refractivity contribution is 5.83. The summed E-state index contributed by atoms with van der Waals surface area (Å²) < 4.78 is 10.2. The van der Waals surface area contributed by atoms with Crippen LogP contribution in [0.1, 0.15) is 11.1 Å². The molecular weight excluding hydrogens is 342 g/mol. The number of hydrazone groups is 1. The van der Waals surface area contributed by atoms with Crippen LogP contribution in [0.3, 0.4) is 0 Å². The van der Waals surface area contributed by atoms with E-state index in [2.05, 4.69) is 10.5 Å². The maximum atomic E-state index is 11.7. The molecule has 0 aliphatic carbocycles. The average molecular weight is 359 g/mol. The minimum atomic E-state index is -0.582. The highest BCUT2D eigenvalue weighted by Crippen LogP contribution is 2.27. The molecule has 0 bridgehead atoms. The Morgan fingerprint density at radius 1 is 1.31 bits per heavy atom. The molecule has 0 spiro atoms. The Morgan fingerprint density at radius 3 is 2.77 bits per heavy atom. The molecular formula is C17H17N3O6. The van der Waals surface area contributed by atoms with E-state index in [1.54, 1.807) is 19.1 Å². The number of methoxy groups -OCH3 is 1. The number of nitrogens with one attached hydrogen (secondary N) is 1. The molecule has 0 aliphatic rings. The number of phenols is 1. The summed E-state index contributed by atoms with van der Waals surface area (Å²) in [6.07, 6.45) is 1.36. The minimum Gasteiger partial charge on any atom is -0.504 e. The van der Waals surface area contributed by atoms with E-state index in [4.69, 9.17) is 9.47 Å². The van der Waals surface area contributed by atoms with Crippen LogP contribution in [0.2, 0.25) is 0 Å². The third kappa shape index (κ3) is 4.94. The van der Waals surface area contributed by atoms with Gasteiger partial charge < -0.3 is 14.6 Å². The number of benzene rings is 2. The maximum Gasteiger partial charge on any atom is 0.311 e. The molecule has 0 atom stereocenters. The molecule has 0 unspecified atom stereocenters. The van der Waals surface area contributed by atoms with E-state index in [0.717, 1.165) is 0 Å². The monoisotopic (exact) mass is 359 g/mol. The molecule has 0 saturated heterocycles. The van der Waals surface area contributed by atoms with Gasteiger partial charge >= 0.3 is 5.69 Å². The molecule has 2 N–H and O–H groups in total. The summed E-state index contributed by atoms with van der Waals surface area (Å²) in [4.78, 5) is 22.2. The standard InChI is InChI=1S/C17H17N3O6/c1-11-3-6-15(13(7-11)20(23)24)26-10-17(22)19-18-9-12-4-5-14(21)16(8-12)25-2/h3-9,21H,10H2,1-2H3,(H,19,22)/b18-9+. The number of phenolic OH excluding ortho intramolecular Hbond substituents is 1. The first-order valence-corrected chi connectivity index (χ1v) is 7.47. The van der Waals surface area contributed by atoms with Crippen LogP contribution in [0.5, 0.6) is 17.2 Å². The molecule has 1 amide bonds. The van der Waals surface area contributed by atoms with Crippen LogP contribution in [0.25, 0.3) is 0 Å². The van der Waals surface area contributed by atoms with E-state index >= 15 is 0 Å². The van der Waals surface area contributed by atoms with Crippen molar-refractivity contribution in [3.8, 4) is 17.2 Å². The fraction of sp³-hybridized carbons (Fsp3) is 0.176. The number of hydrogen-bond donors (Lipinski definition) is 2. The molecule has 9 nitrogen and oxygen atoms in total. The number of ether oxygens (including phenoxy) is 2. The van der Waals surface area contributed by atoms with Crippen molar-refractivity contribution < 1.29 is 24.3 Å². The van der Waals surface area contributed by atoms with E-state index in [1.807, 2.05) is 0 Å². The van der Waals surface area contributed by atoms with Gasteiger partial charge in [-0.15, -0.1) is 0 Å². The molecule has 136 valence electrons. The van der Waals surface area contributed by atoms with Crippen LogP contribution in [-0.4, -0.2) is 35.9 Å². The molecule has 2 rings (SSSR count). The number of carbonyl (C=O) groups excluding carboxylic acids is 1. The smallest absolute Gasteiger partial charge is 0.311 e. The number of nitro benzene ring substituents is 1. The van der Waals surface area contributed by atoms with Crippen LogP contribution in [0.4, 0.5) is 5.69 Å². The van der Waals surface area contributed by atoms with E-state index in [9.17, 15) is 20.0 Å². The van der Waals surface area contributed by atoms with Gasteiger partial charge in [-0.05, 0) is 42.3 Å². The molecule has 2 aromatic carbocycles. The lowest BCUT2D eigenvalue weighted by Crippen LogP contribution is -2.24. The number of amides is 1. The Kier molecular flexibility index (Phi) is 6.10. The molecule has 0 aliphatic heterocycles. The van der Waals surface area contributed by atoms with Crippen molar-refractivity contribution in [1.82, 2.24) is 5.43 Å². The van der Waals surface area contributed by atoms with E-state index in [0.29, 0.717) is 11.1 Å². The van der Waals surface area contributed by atoms with Crippen LogP contribution >= 0.6 is 0 Å². The van der Waals surface area contributed by atoms with Gasteiger partial charge in [0.25, 0.3) is 5.91 Å². The first-order chi connectivity index (χ1) is 12.4. The van der Waals surface area contributed by atoms with Gasteiger partial charge in [0, 0.05) is 6.07 Å². The second kappa shape index (κ2) is 8.47. The number of rotatable bonds is 7. The first kappa shape index (κ1) is 18.7. The summed E-state index contributed by atoms with van der Waals surface area (Å²) in [7, 11) is 1.42. The summed E-state index contributed by atoms with van der Waals surface area (Å²) in [5, 5.41) is 24.3. The molecule has 0 heterocycles. The third-order valence-electron chi connectivity index (χ3n) is 3.28. The molecule has 26 heavy (non-hydrogen) atoms. The number of hydrogen-bond acceptors (Lipinski definition) is 7. The SMILES string of the molecule is COc1cc(/C=N/NC(=O)COc2ccc(C)cc2[N+](=O)[O-])ccc1O. The van der Waals surface area contributed by atoms with Crippen molar-refractivity contribution >= 4 is 17.8 Å². The van der Waals surface area contributed by atoms with Crippen molar-refractivity contribution in [3.63, 3.8) is 0 Å². The van der Waals surface area contributed by atoms with Gasteiger partial charge in [0.2, 0.25) is 0 Å². The lowest BCUT2D eigenvalue weighted by atomic mass is 10.2. The summed E-state index contributed by atoms with van der Waals surface area (Å²) >= 11 is 0. The van der Waals surface area contributed by atoms with Crippen LogP contribution < -0.4 is 14.9 Å². The van der Waals surface area contributed by atoms with Crippen molar-refractivity contribution in [1.29, 1.82) is 0 Å². The second-order valence-corrected chi connectivity index (χ2v) is 5.24. The normalized spacial score (nSPS) is 10.5. The summed E-state index contributed by atoms with van der Waals surface area (Å²) in [5.74, 6) is -0.318. The largest absolute Gasteiger partial charge is 0.504 e. The average Bonchev–Trinajstić information content (AvgIpc) is 2.61. The molecule has 2 aromatic rings. The molecule has 0 radical (unpaired) electrons. The van der Waals surface area contributed by atoms with Gasteiger partial charge in [-0.1, -0.05) is 6.07 Å². The molecule has 0 fully saturated rings. The van der Waals surface area contributed by atoms with E-state index < -0.39 is 17.4 Å². The van der Waals surface area contributed by atoms with Crippen LogP contribution in [0, 0.1) is 17.0 Å². The summed E-state index contributed by atoms with van der Waals surface area (Å²) in [5.41, 5.74) is 3.34. The Hall–Kier alpha value is -3.62. The topological polar surface area (TPSA) is 123 Å². The fourth-order valence-corrected chi connectivity index (χ4v) is 2.02. The van der Waals surface area contributed by atoms with Gasteiger partial charge in [-0.3, -0.25) is 14.9 Å². The number of carbonyl (C=O) groups is 1. The quantitative estimate of drug-likeness (QED) is 0.443. The van der Waals surface area contributed by atoms with Gasteiger partial charge in [-0.25, -0.2) is 5.43 Å². The van der Waals surface area contributed by atoms with Crippen LogP contribution in [0.15, 0.2) is 41.5 Å². The zero-order valence-corrected chi connectivity index (χ0v) is 14.1. The Morgan fingerprint density at radius 2 is 2.08 bits per heavy atom. The number of nitro groups is 1. The Balaban J connectivity index is 1.93. The van der Waals surface area contributed by atoms with Crippen molar-refractivity contribution in [2.24, 2.45) is 5.10 Å². The zero-order chi connectivity index (χ0) is 19.1. The number of aryl methyl sites for hydroxylation is 1. The maximum absolute atomic E-state index is 11.7. The Bertz CT molecular complexity index is 850.